The number of aliphatic hydroxyl groups is 1. The van der Waals surface area contributed by atoms with Gasteiger partial charge in [-0.05, 0) is 0 Å². The molecule has 7 heteroatoms. The van der Waals surface area contributed by atoms with Gasteiger partial charge < -0.3 is 15.2 Å². The Bertz CT molecular complexity index is 372. The summed E-state index contributed by atoms with van der Waals surface area (Å²) < 4.78 is 5.28. The first kappa shape index (κ1) is 13.4. The Morgan fingerprint density at radius 2 is 2.61 bits per heavy atom. The van der Waals surface area contributed by atoms with E-state index < -0.39 is 0 Å². The number of carbonyl (C=O) groups excluding carboxylic acids is 1. The first-order valence-electron chi connectivity index (χ1n) is 5.91. The maximum absolute atomic E-state index is 11.7. The van der Waals surface area contributed by atoms with Crippen LogP contribution in [-0.4, -0.2) is 59.8 Å². The van der Waals surface area contributed by atoms with E-state index in [9.17, 15) is 9.90 Å². The second kappa shape index (κ2) is 6.79. The number of nitrogens with one attached hydrogen (secondary N) is 1. The highest BCUT2D eigenvalue weighted by Crippen LogP contribution is 2.11. The highest BCUT2D eigenvalue weighted by atomic mass is 32.1. The standard InChI is InChI=1S/C11H17N3O3S/c15-7-9-8-17-5-4-14(9)3-1-10(16)13-11-12-2-6-18-11/h2,6,9,15H,1,3-5,7-8H2,(H,12,13,16)/t9-/m0/s1. The Balaban J connectivity index is 1.74. The predicted octanol–water partition coefficient (Wildman–Crippen LogP) is 0.165. The molecule has 0 bridgehead atoms. The van der Waals surface area contributed by atoms with Crippen molar-refractivity contribution in [1.29, 1.82) is 0 Å². The highest BCUT2D eigenvalue weighted by molar-refractivity contribution is 7.13. The molecule has 0 unspecified atom stereocenters. The summed E-state index contributed by atoms with van der Waals surface area (Å²) in [5.74, 6) is -0.0480. The molecule has 1 aromatic rings. The summed E-state index contributed by atoms with van der Waals surface area (Å²) in [6, 6.07) is 0.00594. The Hall–Kier alpha value is -1.02. The lowest BCUT2D eigenvalue weighted by atomic mass is 10.2. The minimum absolute atomic E-state index is 0.00594. The predicted molar refractivity (Wildman–Crippen MR) is 68.6 cm³/mol. The van der Waals surface area contributed by atoms with Gasteiger partial charge in [0.2, 0.25) is 5.91 Å². The number of aliphatic hydroxyl groups excluding tert-OH is 1. The van der Waals surface area contributed by atoms with Crippen molar-refractivity contribution in [2.75, 3.05) is 38.2 Å². The van der Waals surface area contributed by atoms with Crippen LogP contribution in [-0.2, 0) is 9.53 Å². The van der Waals surface area contributed by atoms with Crippen molar-refractivity contribution in [3.05, 3.63) is 11.6 Å². The molecule has 0 saturated carbocycles. The zero-order valence-electron chi connectivity index (χ0n) is 10.0. The molecule has 2 rings (SSSR count). The summed E-state index contributed by atoms with van der Waals surface area (Å²) in [5, 5.41) is 14.4. The molecule has 1 fully saturated rings. The number of hydrogen-bond donors (Lipinski definition) is 2. The normalized spacial score (nSPS) is 20.8. The molecule has 1 aromatic heterocycles. The smallest absolute Gasteiger partial charge is 0.227 e. The van der Waals surface area contributed by atoms with Gasteiger partial charge in [0.25, 0.3) is 0 Å². The molecule has 1 aliphatic rings. The lowest BCUT2D eigenvalue weighted by Crippen LogP contribution is -2.48. The van der Waals surface area contributed by atoms with Crippen LogP contribution in [0.15, 0.2) is 11.6 Å². The second-order valence-electron chi connectivity index (χ2n) is 4.08. The van der Waals surface area contributed by atoms with E-state index in [-0.39, 0.29) is 18.6 Å². The van der Waals surface area contributed by atoms with Crippen molar-refractivity contribution in [1.82, 2.24) is 9.88 Å². The topological polar surface area (TPSA) is 74.7 Å². The third-order valence-corrected chi connectivity index (χ3v) is 3.55. The quantitative estimate of drug-likeness (QED) is 0.798. The maximum atomic E-state index is 11.7. The monoisotopic (exact) mass is 271 g/mol. The van der Waals surface area contributed by atoms with Crippen molar-refractivity contribution in [2.45, 2.75) is 12.5 Å². The van der Waals surface area contributed by atoms with Gasteiger partial charge in [0.05, 0.1) is 25.9 Å². The lowest BCUT2D eigenvalue weighted by Gasteiger charge is -2.34. The Labute approximate surface area is 110 Å². The van der Waals surface area contributed by atoms with Crippen molar-refractivity contribution in [3.8, 4) is 0 Å². The summed E-state index contributed by atoms with van der Waals surface area (Å²) in [5.41, 5.74) is 0. The number of rotatable bonds is 5. The van der Waals surface area contributed by atoms with Gasteiger partial charge in [0.1, 0.15) is 0 Å². The highest BCUT2D eigenvalue weighted by Gasteiger charge is 2.22. The molecular weight excluding hydrogens is 254 g/mol. The van der Waals surface area contributed by atoms with Crippen LogP contribution < -0.4 is 5.32 Å². The number of anilines is 1. The van der Waals surface area contributed by atoms with Crippen LogP contribution in [0.3, 0.4) is 0 Å². The van der Waals surface area contributed by atoms with Gasteiger partial charge in [-0.2, -0.15) is 0 Å². The molecule has 1 aliphatic heterocycles. The fourth-order valence-electron chi connectivity index (χ4n) is 1.86. The maximum Gasteiger partial charge on any atom is 0.227 e. The number of morpholine rings is 1. The fourth-order valence-corrected chi connectivity index (χ4v) is 2.41. The largest absolute Gasteiger partial charge is 0.395 e. The van der Waals surface area contributed by atoms with Crippen molar-refractivity contribution in [3.63, 3.8) is 0 Å². The number of hydrogen-bond acceptors (Lipinski definition) is 6. The van der Waals surface area contributed by atoms with Gasteiger partial charge in [-0.15, -0.1) is 11.3 Å². The molecular formula is C11H17N3O3S. The summed E-state index contributed by atoms with van der Waals surface area (Å²) in [6.45, 7) is 2.64. The minimum Gasteiger partial charge on any atom is -0.395 e. The van der Waals surface area contributed by atoms with Crippen molar-refractivity contribution < 1.29 is 14.6 Å². The van der Waals surface area contributed by atoms with Gasteiger partial charge in [0, 0.05) is 31.1 Å². The molecule has 100 valence electrons. The summed E-state index contributed by atoms with van der Waals surface area (Å²) in [7, 11) is 0. The van der Waals surface area contributed by atoms with Crippen molar-refractivity contribution >= 4 is 22.4 Å². The fraction of sp³-hybridized carbons (Fsp3) is 0.636. The molecule has 2 N–H and O–H groups in total. The Morgan fingerprint density at radius 3 is 3.33 bits per heavy atom. The van der Waals surface area contributed by atoms with E-state index in [1.54, 1.807) is 6.20 Å². The third-order valence-electron chi connectivity index (χ3n) is 2.86. The van der Waals surface area contributed by atoms with Gasteiger partial charge in [-0.25, -0.2) is 4.98 Å². The van der Waals surface area contributed by atoms with E-state index in [2.05, 4.69) is 15.2 Å². The van der Waals surface area contributed by atoms with Crippen LogP contribution in [0.2, 0.25) is 0 Å². The molecule has 0 aliphatic carbocycles. The van der Waals surface area contributed by atoms with Gasteiger partial charge >= 0.3 is 0 Å². The van der Waals surface area contributed by atoms with Crippen LogP contribution in [0.1, 0.15) is 6.42 Å². The van der Waals surface area contributed by atoms with Crippen molar-refractivity contribution in [2.24, 2.45) is 0 Å². The zero-order chi connectivity index (χ0) is 12.8. The first-order valence-corrected chi connectivity index (χ1v) is 6.79. The van der Waals surface area contributed by atoms with Gasteiger partial charge in [0.15, 0.2) is 5.13 Å². The molecule has 1 atom stereocenters. The molecule has 0 aromatic carbocycles. The summed E-state index contributed by atoms with van der Waals surface area (Å²) in [4.78, 5) is 17.8. The molecule has 0 radical (unpaired) electrons. The van der Waals surface area contributed by atoms with E-state index in [0.717, 1.165) is 6.54 Å². The van der Waals surface area contributed by atoms with Crippen LogP contribution in [0, 0.1) is 0 Å². The van der Waals surface area contributed by atoms with Gasteiger partial charge in [-0.1, -0.05) is 0 Å². The van der Waals surface area contributed by atoms with Crippen LogP contribution >= 0.6 is 11.3 Å². The second-order valence-corrected chi connectivity index (χ2v) is 4.98. The number of nitrogens with zero attached hydrogens (tertiary/aromatic N) is 2. The minimum atomic E-state index is -0.0480. The third kappa shape index (κ3) is 3.74. The molecule has 6 nitrogen and oxygen atoms in total. The van der Waals surface area contributed by atoms with Crippen LogP contribution in [0.5, 0.6) is 0 Å². The Morgan fingerprint density at radius 1 is 1.72 bits per heavy atom. The molecule has 18 heavy (non-hydrogen) atoms. The van der Waals surface area contributed by atoms with E-state index in [0.29, 0.717) is 31.3 Å². The Kier molecular flexibility index (Phi) is 5.06. The number of amides is 1. The zero-order valence-corrected chi connectivity index (χ0v) is 10.9. The number of thiazole rings is 1. The lowest BCUT2D eigenvalue weighted by molar-refractivity contribution is -0.117. The van der Waals surface area contributed by atoms with E-state index in [1.807, 2.05) is 5.38 Å². The number of aromatic nitrogens is 1. The number of ether oxygens (including phenoxy) is 1. The molecule has 2 heterocycles. The summed E-state index contributed by atoms with van der Waals surface area (Å²) >= 11 is 1.40. The average Bonchev–Trinajstić information content (AvgIpc) is 2.89. The van der Waals surface area contributed by atoms with Crippen LogP contribution in [0.4, 0.5) is 5.13 Å². The average molecular weight is 271 g/mol. The molecule has 1 amide bonds. The van der Waals surface area contributed by atoms with Crippen LogP contribution in [0.25, 0.3) is 0 Å². The van der Waals surface area contributed by atoms with E-state index >= 15 is 0 Å². The van der Waals surface area contributed by atoms with E-state index in [1.165, 1.54) is 11.3 Å². The summed E-state index contributed by atoms with van der Waals surface area (Å²) in [6.07, 6.45) is 2.06. The molecule has 1 saturated heterocycles. The SMILES string of the molecule is O=C(CCN1CCOC[C@@H]1CO)Nc1nccs1. The van der Waals surface area contributed by atoms with E-state index in [4.69, 9.17) is 4.74 Å². The van der Waals surface area contributed by atoms with Gasteiger partial charge in [-0.3, -0.25) is 9.69 Å². The first-order chi connectivity index (χ1) is 8.79. The molecule has 0 spiro atoms. The number of carbonyl (C=O) groups is 1.